The zero-order valence-corrected chi connectivity index (χ0v) is 14.2. The highest BCUT2D eigenvalue weighted by atomic mass is 32.1. The number of thiazole rings is 1. The molecule has 2 aromatic heterocycles. The molecule has 0 aliphatic heterocycles. The van der Waals surface area contributed by atoms with Gasteiger partial charge in [-0.3, -0.25) is 5.43 Å². The Labute approximate surface area is 144 Å². The maximum Gasteiger partial charge on any atom is 0.203 e. The second-order valence-corrected chi connectivity index (χ2v) is 6.06. The van der Waals surface area contributed by atoms with Crippen LogP contribution in [0, 0.1) is 6.92 Å². The molecule has 0 spiro atoms. The zero-order valence-electron chi connectivity index (χ0n) is 13.4. The predicted octanol–water partition coefficient (Wildman–Crippen LogP) is 3.56. The van der Waals surface area contributed by atoms with Crippen LogP contribution in [0.15, 0.2) is 53.5 Å². The van der Waals surface area contributed by atoms with Crippen LogP contribution < -0.4 is 10.2 Å². The third kappa shape index (κ3) is 4.66. The second kappa shape index (κ2) is 8.26. The number of aryl methyl sites for hydroxylation is 2. The quantitative estimate of drug-likeness (QED) is 0.386. The number of nitrogens with zero attached hydrogens (tertiary/aromatic N) is 4. The van der Waals surface area contributed by atoms with Crippen molar-refractivity contribution in [2.45, 2.75) is 19.9 Å². The molecule has 0 fully saturated rings. The summed E-state index contributed by atoms with van der Waals surface area (Å²) in [7, 11) is 0. The highest BCUT2D eigenvalue weighted by Gasteiger charge is 2.01. The first-order valence-electron chi connectivity index (χ1n) is 7.70. The van der Waals surface area contributed by atoms with Crippen LogP contribution in [0.5, 0.6) is 5.75 Å². The Kier molecular flexibility index (Phi) is 5.57. The summed E-state index contributed by atoms with van der Waals surface area (Å²) >= 11 is 1.53. The van der Waals surface area contributed by atoms with Crippen LogP contribution in [0.4, 0.5) is 5.13 Å². The molecule has 1 aromatic carbocycles. The van der Waals surface area contributed by atoms with E-state index in [9.17, 15) is 0 Å². The number of ether oxygens (including phenoxy) is 1. The summed E-state index contributed by atoms with van der Waals surface area (Å²) in [6.45, 7) is 3.49. The predicted molar refractivity (Wildman–Crippen MR) is 96.8 cm³/mol. The number of anilines is 1. The fraction of sp³-hybridized carbons (Fsp3) is 0.235. The number of aromatic nitrogens is 3. The number of nitrogens with one attached hydrogen (secondary N) is 1. The summed E-state index contributed by atoms with van der Waals surface area (Å²) in [5, 5.41) is 7.00. The van der Waals surface area contributed by atoms with Gasteiger partial charge in [0.25, 0.3) is 0 Å². The molecule has 1 N–H and O–H groups in total. The monoisotopic (exact) mass is 341 g/mol. The molecule has 0 saturated carbocycles. The van der Waals surface area contributed by atoms with E-state index in [1.807, 2.05) is 53.7 Å². The Balaban J connectivity index is 1.52. The molecule has 124 valence electrons. The molecule has 0 saturated heterocycles. The minimum atomic E-state index is 0.641. The summed E-state index contributed by atoms with van der Waals surface area (Å²) in [5.74, 6) is 0.823. The van der Waals surface area contributed by atoms with Crippen molar-refractivity contribution in [2.75, 3.05) is 12.0 Å². The first kappa shape index (κ1) is 16.2. The van der Waals surface area contributed by atoms with Gasteiger partial charge in [0.2, 0.25) is 5.13 Å². The van der Waals surface area contributed by atoms with Gasteiger partial charge in [-0.05, 0) is 25.5 Å². The Hall–Kier alpha value is -2.67. The number of para-hydroxylation sites is 1. The van der Waals surface area contributed by atoms with E-state index in [0.29, 0.717) is 6.61 Å². The van der Waals surface area contributed by atoms with Gasteiger partial charge in [-0.25, -0.2) is 9.97 Å². The number of benzene rings is 1. The topological polar surface area (TPSA) is 64.3 Å². The molecule has 0 radical (unpaired) electrons. The maximum atomic E-state index is 5.88. The van der Waals surface area contributed by atoms with Crippen LogP contribution in [0.1, 0.15) is 17.7 Å². The second-order valence-electron chi connectivity index (χ2n) is 5.20. The lowest BCUT2D eigenvalue weighted by Gasteiger charge is -2.09. The van der Waals surface area contributed by atoms with Crippen molar-refractivity contribution in [3.63, 3.8) is 0 Å². The van der Waals surface area contributed by atoms with E-state index < -0.39 is 0 Å². The molecule has 0 atom stereocenters. The van der Waals surface area contributed by atoms with Crippen molar-refractivity contribution in [2.24, 2.45) is 5.10 Å². The average molecular weight is 341 g/mol. The summed E-state index contributed by atoms with van der Waals surface area (Å²) in [6, 6.07) is 7.85. The zero-order chi connectivity index (χ0) is 16.6. The Morgan fingerprint density at radius 1 is 1.38 bits per heavy atom. The normalized spacial score (nSPS) is 11.0. The SMILES string of the molecule is Cc1csc(NN=Cc2ccccc2OCCCn2ccnc2)n1. The average Bonchev–Trinajstić information content (AvgIpc) is 3.25. The van der Waals surface area contributed by atoms with Crippen molar-refractivity contribution in [1.29, 1.82) is 0 Å². The lowest BCUT2D eigenvalue weighted by Crippen LogP contribution is -2.04. The molecular formula is C17H19N5OS. The summed E-state index contributed by atoms with van der Waals surface area (Å²) in [4.78, 5) is 8.33. The smallest absolute Gasteiger partial charge is 0.203 e. The molecule has 3 aromatic rings. The molecule has 0 aliphatic carbocycles. The van der Waals surface area contributed by atoms with Gasteiger partial charge in [-0.1, -0.05) is 12.1 Å². The van der Waals surface area contributed by atoms with E-state index in [2.05, 4.69) is 20.5 Å². The lowest BCUT2D eigenvalue weighted by molar-refractivity contribution is 0.301. The van der Waals surface area contributed by atoms with Crippen molar-refractivity contribution in [3.8, 4) is 5.75 Å². The molecule has 24 heavy (non-hydrogen) atoms. The molecule has 6 nitrogen and oxygen atoms in total. The molecule has 7 heteroatoms. The van der Waals surface area contributed by atoms with E-state index >= 15 is 0 Å². The lowest BCUT2D eigenvalue weighted by atomic mass is 10.2. The van der Waals surface area contributed by atoms with Crippen molar-refractivity contribution < 1.29 is 4.74 Å². The Morgan fingerprint density at radius 2 is 2.29 bits per heavy atom. The number of rotatable bonds is 8. The van der Waals surface area contributed by atoms with Gasteiger partial charge in [0.1, 0.15) is 5.75 Å². The van der Waals surface area contributed by atoms with Gasteiger partial charge < -0.3 is 9.30 Å². The van der Waals surface area contributed by atoms with Gasteiger partial charge in [-0.2, -0.15) is 5.10 Å². The van der Waals surface area contributed by atoms with Crippen LogP contribution in [0.3, 0.4) is 0 Å². The number of hydrogen-bond donors (Lipinski definition) is 1. The Morgan fingerprint density at radius 3 is 3.08 bits per heavy atom. The van der Waals surface area contributed by atoms with Crippen LogP contribution in [-0.2, 0) is 6.54 Å². The number of imidazole rings is 1. The van der Waals surface area contributed by atoms with Crippen LogP contribution in [0.25, 0.3) is 0 Å². The summed E-state index contributed by atoms with van der Waals surface area (Å²) in [6.07, 6.45) is 8.21. The van der Waals surface area contributed by atoms with Gasteiger partial charge in [0.15, 0.2) is 0 Å². The van der Waals surface area contributed by atoms with E-state index in [1.165, 1.54) is 11.3 Å². The highest BCUT2D eigenvalue weighted by molar-refractivity contribution is 7.13. The molecule has 0 unspecified atom stereocenters. The highest BCUT2D eigenvalue weighted by Crippen LogP contribution is 2.17. The molecule has 3 rings (SSSR count). The van der Waals surface area contributed by atoms with Gasteiger partial charge >= 0.3 is 0 Å². The van der Waals surface area contributed by atoms with Crippen molar-refractivity contribution in [3.05, 3.63) is 59.6 Å². The van der Waals surface area contributed by atoms with Crippen LogP contribution >= 0.6 is 11.3 Å². The van der Waals surface area contributed by atoms with Crippen molar-refractivity contribution >= 4 is 22.7 Å². The standard InChI is InChI=1S/C17H19N5OS/c1-14-12-24-17(20-14)21-19-11-15-5-2-3-6-16(15)23-10-4-8-22-9-7-18-13-22/h2-3,5-7,9,11-13H,4,8,10H2,1H3,(H,20,21). The van der Waals surface area contributed by atoms with Gasteiger partial charge in [0, 0.05) is 29.9 Å². The third-order valence-electron chi connectivity index (χ3n) is 3.28. The molecule has 2 heterocycles. The van der Waals surface area contributed by atoms with E-state index in [-0.39, 0.29) is 0 Å². The van der Waals surface area contributed by atoms with E-state index in [4.69, 9.17) is 4.74 Å². The summed E-state index contributed by atoms with van der Waals surface area (Å²) < 4.78 is 7.91. The fourth-order valence-corrected chi connectivity index (χ4v) is 2.77. The first-order chi connectivity index (χ1) is 11.8. The van der Waals surface area contributed by atoms with Gasteiger partial charge in [-0.15, -0.1) is 11.3 Å². The fourth-order valence-electron chi connectivity index (χ4n) is 2.13. The number of hydrogen-bond acceptors (Lipinski definition) is 6. The molecule has 0 aliphatic rings. The molecule has 0 bridgehead atoms. The minimum absolute atomic E-state index is 0.641. The minimum Gasteiger partial charge on any atom is -0.493 e. The Bertz CT molecular complexity index is 782. The van der Waals surface area contributed by atoms with Crippen LogP contribution in [0.2, 0.25) is 0 Å². The van der Waals surface area contributed by atoms with Crippen LogP contribution in [-0.4, -0.2) is 27.4 Å². The van der Waals surface area contributed by atoms with Gasteiger partial charge in [0.05, 0.1) is 24.8 Å². The third-order valence-corrected chi connectivity index (χ3v) is 4.14. The van der Waals surface area contributed by atoms with E-state index in [1.54, 1.807) is 12.4 Å². The first-order valence-corrected chi connectivity index (χ1v) is 8.58. The van der Waals surface area contributed by atoms with Crippen molar-refractivity contribution in [1.82, 2.24) is 14.5 Å². The maximum absolute atomic E-state index is 5.88. The molecular weight excluding hydrogens is 322 g/mol. The van der Waals surface area contributed by atoms with E-state index in [0.717, 1.165) is 35.1 Å². The summed E-state index contributed by atoms with van der Waals surface area (Å²) in [5.41, 5.74) is 4.85. The number of hydrazone groups is 1. The largest absolute Gasteiger partial charge is 0.493 e. The molecule has 0 amide bonds.